The Labute approximate surface area is 182 Å². The summed E-state index contributed by atoms with van der Waals surface area (Å²) >= 11 is 0. The second-order valence-corrected chi connectivity index (χ2v) is 7.80. The van der Waals surface area contributed by atoms with Crippen LogP contribution in [0.4, 0.5) is 0 Å². The highest BCUT2D eigenvalue weighted by Gasteiger charge is 2.15. The van der Waals surface area contributed by atoms with E-state index in [-0.39, 0.29) is 24.2 Å². The highest BCUT2D eigenvalue weighted by atomic mass is 16.4. The van der Waals surface area contributed by atoms with Gasteiger partial charge in [-0.15, -0.1) is 0 Å². The van der Waals surface area contributed by atoms with E-state index in [1.54, 1.807) is 6.07 Å². The molecule has 0 fully saturated rings. The van der Waals surface area contributed by atoms with Crippen molar-refractivity contribution in [3.63, 3.8) is 0 Å². The number of hydrogen-bond donors (Lipinski definition) is 1. The lowest BCUT2D eigenvalue weighted by atomic mass is 9.94. The van der Waals surface area contributed by atoms with Gasteiger partial charge in [0.25, 0.3) is 0 Å². The summed E-state index contributed by atoms with van der Waals surface area (Å²) < 4.78 is 0. The van der Waals surface area contributed by atoms with Gasteiger partial charge < -0.3 is 5.11 Å². The topological polar surface area (TPSA) is 54.4 Å². The Hall–Kier alpha value is -3.72. The van der Waals surface area contributed by atoms with Gasteiger partial charge in [0.15, 0.2) is 0 Å². The van der Waals surface area contributed by atoms with Gasteiger partial charge in [-0.1, -0.05) is 79.7 Å². The molecule has 31 heavy (non-hydrogen) atoms. The maximum absolute atomic E-state index is 12.8. The zero-order valence-corrected chi connectivity index (χ0v) is 17.5. The van der Waals surface area contributed by atoms with Gasteiger partial charge in [-0.25, -0.2) is 4.79 Å². The highest BCUT2D eigenvalue weighted by Crippen LogP contribution is 2.24. The zero-order chi connectivity index (χ0) is 21.8. The number of carbonyl (C=O) groups is 2. The monoisotopic (exact) mass is 408 g/mol. The fourth-order valence-corrected chi connectivity index (χ4v) is 3.93. The minimum Gasteiger partial charge on any atom is -0.478 e. The van der Waals surface area contributed by atoms with E-state index in [0.29, 0.717) is 5.56 Å². The van der Waals surface area contributed by atoms with Gasteiger partial charge in [0, 0.05) is 12.8 Å². The van der Waals surface area contributed by atoms with Crippen molar-refractivity contribution in [2.45, 2.75) is 26.2 Å². The lowest BCUT2D eigenvalue weighted by Crippen LogP contribution is -2.11. The van der Waals surface area contributed by atoms with E-state index < -0.39 is 5.97 Å². The molecule has 0 atom stereocenters. The van der Waals surface area contributed by atoms with Crippen molar-refractivity contribution < 1.29 is 14.7 Å². The molecule has 154 valence electrons. The van der Waals surface area contributed by atoms with Crippen molar-refractivity contribution >= 4 is 22.5 Å². The van der Waals surface area contributed by atoms with E-state index in [0.717, 1.165) is 33.9 Å². The molecule has 0 spiro atoms. The van der Waals surface area contributed by atoms with Crippen LogP contribution in [-0.2, 0) is 24.1 Å². The van der Waals surface area contributed by atoms with Gasteiger partial charge in [-0.3, -0.25) is 4.79 Å². The van der Waals surface area contributed by atoms with Crippen molar-refractivity contribution in [3.05, 3.63) is 107 Å². The summed E-state index contributed by atoms with van der Waals surface area (Å²) in [4.78, 5) is 24.6. The molecule has 0 radical (unpaired) electrons. The zero-order valence-electron chi connectivity index (χ0n) is 17.5. The minimum absolute atomic E-state index is 0.00346. The number of hydrogen-bond acceptors (Lipinski definition) is 2. The van der Waals surface area contributed by atoms with Crippen molar-refractivity contribution in [2.24, 2.45) is 0 Å². The third kappa shape index (κ3) is 4.72. The lowest BCUT2D eigenvalue weighted by Gasteiger charge is -2.09. The first-order valence-corrected chi connectivity index (χ1v) is 10.5. The molecule has 4 rings (SSSR count). The number of carboxylic acids is 1. The largest absolute Gasteiger partial charge is 0.478 e. The van der Waals surface area contributed by atoms with Gasteiger partial charge in [0.05, 0.1) is 5.56 Å². The molecule has 0 aliphatic carbocycles. The van der Waals surface area contributed by atoms with Crippen LogP contribution in [-0.4, -0.2) is 16.9 Å². The van der Waals surface area contributed by atoms with Crippen molar-refractivity contribution in [1.29, 1.82) is 0 Å². The van der Waals surface area contributed by atoms with Crippen molar-refractivity contribution in [3.8, 4) is 11.1 Å². The van der Waals surface area contributed by atoms with Crippen molar-refractivity contribution in [2.75, 3.05) is 0 Å². The van der Waals surface area contributed by atoms with Crippen LogP contribution in [0.1, 0.15) is 34.0 Å². The number of carbonyl (C=O) groups excluding carboxylic acids is 1. The molecule has 3 nitrogen and oxygen atoms in total. The Morgan fingerprint density at radius 2 is 1.42 bits per heavy atom. The second kappa shape index (κ2) is 8.97. The fourth-order valence-electron chi connectivity index (χ4n) is 3.93. The maximum atomic E-state index is 12.8. The molecule has 4 aromatic rings. The normalized spacial score (nSPS) is 10.9. The molecule has 3 heteroatoms. The first-order valence-electron chi connectivity index (χ1n) is 10.5. The Morgan fingerprint density at radius 1 is 0.710 bits per heavy atom. The molecule has 0 aromatic heterocycles. The Morgan fingerprint density at radius 3 is 2.10 bits per heavy atom. The van der Waals surface area contributed by atoms with Gasteiger partial charge in [-0.2, -0.15) is 0 Å². The molecule has 0 heterocycles. The van der Waals surface area contributed by atoms with Crippen LogP contribution in [0.15, 0.2) is 84.9 Å². The third-order valence-electron chi connectivity index (χ3n) is 5.61. The molecule has 4 aromatic carbocycles. The SMILES string of the molecule is CCc1ccc(-c2cccc(CC(=O)Cc3cc4ccccc4cc3C(=O)O)c2)cc1. The van der Waals surface area contributed by atoms with Crippen LogP contribution < -0.4 is 0 Å². The van der Waals surface area contributed by atoms with Gasteiger partial charge >= 0.3 is 5.97 Å². The van der Waals surface area contributed by atoms with Crippen LogP contribution in [0.25, 0.3) is 21.9 Å². The number of aromatic carboxylic acids is 1. The van der Waals surface area contributed by atoms with Crippen LogP contribution >= 0.6 is 0 Å². The Bertz CT molecular complexity index is 1250. The number of ketones is 1. The number of benzene rings is 4. The number of Topliss-reactive ketones (excluding diaryl/α,β-unsaturated/α-hetero) is 1. The fraction of sp³-hybridized carbons (Fsp3) is 0.143. The summed E-state index contributed by atoms with van der Waals surface area (Å²) in [5.41, 5.74) is 5.16. The molecule has 0 aliphatic rings. The van der Waals surface area contributed by atoms with E-state index in [1.807, 2.05) is 54.6 Å². The predicted octanol–water partition coefficient (Wildman–Crippen LogP) is 6.12. The average Bonchev–Trinajstić information content (AvgIpc) is 2.78. The molecular formula is C28H24O3. The first kappa shape index (κ1) is 20.5. The van der Waals surface area contributed by atoms with Gasteiger partial charge in [0.2, 0.25) is 0 Å². The minimum atomic E-state index is -1.01. The molecule has 0 aliphatic heterocycles. The quantitative estimate of drug-likeness (QED) is 0.401. The molecular weight excluding hydrogens is 384 g/mol. The Kier molecular flexibility index (Phi) is 5.94. The van der Waals surface area contributed by atoms with E-state index >= 15 is 0 Å². The third-order valence-corrected chi connectivity index (χ3v) is 5.61. The molecule has 0 amide bonds. The van der Waals surface area contributed by atoms with E-state index in [9.17, 15) is 14.7 Å². The smallest absolute Gasteiger partial charge is 0.335 e. The molecule has 1 N–H and O–H groups in total. The van der Waals surface area contributed by atoms with E-state index in [1.165, 1.54) is 5.56 Å². The summed E-state index contributed by atoms with van der Waals surface area (Å²) in [6, 6.07) is 27.5. The second-order valence-electron chi connectivity index (χ2n) is 7.80. The summed E-state index contributed by atoms with van der Waals surface area (Å²) in [5.74, 6) is -1.01. The summed E-state index contributed by atoms with van der Waals surface area (Å²) in [6.07, 6.45) is 1.37. The van der Waals surface area contributed by atoms with Crippen LogP contribution in [0, 0.1) is 0 Å². The average molecular weight is 408 g/mol. The number of fused-ring (bicyclic) bond motifs is 1. The summed E-state index contributed by atoms with van der Waals surface area (Å²) in [6.45, 7) is 2.13. The number of rotatable bonds is 7. The number of aryl methyl sites for hydroxylation is 1. The van der Waals surface area contributed by atoms with Gasteiger partial charge in [-0.05, 0) is 57.1 Å². The standard InChI is InChI=1S/C28H24O3/c1-2-19-10-12-21(13-11-19)22-9-5-6-20(14-22)15-26(29)17-25-16-23-7-3-4-8-24(23)18-27(25)28(30)31/h3-14,16,18H,2,15,17H2,1H3,(H,30,31). The van der Waals surface area contributed by atoms with Crippen LogP contribution in [0.2, 0.25) is 0 Å². The maximum Gasteiger partial charge on any atom is 0.335 e. The van der Waals surface area contributed by atoms with Crippen molar-refractivity contribution in [1.82, 2.24) is 0 Å². The molecule has 0 bridgehead atoms. The molecule has 0 saturated carbocycles. The molecule has 0 unspecified atom stereocenters. The summed E-state index contributed by atoms with van der Waals surface area (Å²) in [5, 5.41) is 11.4. The first-order chi connectivity index (χ1) is 15.0. The van der Waals surface area contributed by atoms with Crippen LogP contribution in [0.3, 0.4) is 0 Å². The predicted molar refractivity (Wildman–Crippen MR) is 125 cm³/mol. The number of carboxylic acid groups (broad SMARTS) is 1. The Balaban J connectivity index is 1.55. The lowest BCUT2D eigenvalue weighted by molar-refractivity contribution is -0.117. The van der Waals surface area contributed by atoms with E-state index in [4.69, 9.17) is 0 Å². The van der Waals surface area contributed by atoms with Crippen LogP contribution in [0.5, 0.6) is 0 Å². The highest BCUT2D eigenvalue weighted by molar-refractivity contribution is 5.98. The van der Waals surface area contributed by atoms with E-state index in [2.05, 4.69) is 31.2 Å². The van der Waals surface area contributed by atoms with Gasteiger partial charge in [0.1, 0.15) is 5.78 Å². The summed E-state index contributed by atoms with van der Waals surface area (Å²) in [7, 11) is 0. The molecule has 0 saturated heterocycles.